The zero-order valence-electron chi connectivity index (χ0n) is 17.9. The number of anilines is 1. The minimum Gasteiger partial charge on any atom is -0.459 e. The molecular formula is C25H24N4O2S. The van der Waals surface area contributed by atoms with Crippen LogP contribution in [0.15, 0.2) is 64.5 Å². The lowest BCUT2D eigenvalue weighted by Crippen LogP contribution is -2.31. The number of amides is 1. The number of benzene rings is 1. The van der Waals surface area contributed by atoms with Gasteiger partial charge in [0, 0.05) is 31.2 Å². The fourth-order valence-corrected chi connectivity index (χ4v) is 4.66. The Hall–Kier alpha value is -3.45. The van der Waals surface area contributed by atoms with Gasteiger partial charge in [-0.25, -0.2) is 9.97 Å². The quantitative estimate of drug-likeness (QED) is 0.473. The number of hydrogen-bond donors (Lipinski definition) is 1. The molecule has 1 aromatic carbocycles. The molecule has 4 heterocycles. The molecule has 7 heteroatoms. The maximum atomic E-state index is 12.4. The lowest BCUT2D eigenvalue weighted by atomic mass is 10.00. The summed E-state index contributed by atoms with van der Waals surface area (Å²) in [4.78, 5) is 23.8. The molecule has 1 aliphatic heterocycles. The van der Waals surface area contributed by atoms with E-state index in [0.717, 1.165) is 53.1 Å². The van der Waals surface area contributed by atoms with Crippen molar-refractivity contribution < 1.29 is 9.21 Å². The fourth-order valence-electron chi connectivity index (χ4n) is 3.88. The minimum atomic E-state index is -0.0609. The first-order valence-electron chi connectivity index (χ1n) is 10.7. The van der Waals surface area contributed by atoms with Crippen molar-refractivity contribution in [1.29, 1.82) is 0 Å². The lowest BCUT2D eigenvalue weighted by molar-refractivity contribution is -0.120. The molecule has 162 valence electrons. The molecule has 1 aliphatic rings. The van der Waals surface area contributed by atoms with Crippen LogP contribution in [0.3, 0.4) is 0 Å². The molecule has 0 atom stereocenters. The Bertz CT molecular complexity index is 1230. The molecule has 0 saturated carbocycles. The van der Waals surface area contributed by atoms with E-state index in [1.807, 2.05) is 42.8 Å². The summed E-state index contributed by atoms with van der Waals surface area (Å²) in [5.74, 6) is 2.49. The number of carbonyl (C=O) groups is 1. The highest BCUT2D eigenvalue weighted by atomic mass is 32.1. The number of hydrogen-bond acceptors (Lipinski definition) is 6. The molecule has 0 spiro atoms. The van der Waals surface area contributed by atoms with Crippen LogP contribution in [0.2, 0.25) is 0 Å². The Morgan fingerprint density at radius 1 is 1.16 bits per heavy atom. The monoisotopic (exact) mass is 444 g/mol. The summed E-state index contributed by atoms with van der Waals surface area (Å²) in [5.41, 5.74) is 4.51. The van der Waals surface area contributed by atoms with E-state index >= 15 is 0 Å². The van der Waals surface area contributed by atoms with Gasteiger partial charge in [0.05, 0.1) is 12.1 Å². The van der Waals surface area contributed by atoms with Gasteiger partial charge in [-0.2, -0.15) is 0 Å². The van der Waals surface area contributed by atoms with Gasteiger partial charge in [0.15, 0.2) is 10.8 Å². The van der Waals surface area contributed by atoms with Crippen LogP contribution in [0.25, 0.3) is 10.8 Å². The number of thiazole rings is 1. The fraction of sp³-hybridized carbons (Fsp3) is 0.240. The van der Waals surface area contributed by atoms with Crippen molar-refractivity contribution in [1.82, 2.24) is 15.3 Å². The van der Waals surface area contributed by atoms with Gasteiger partial charge in [-0.1, -0.05) is 30.3 Å². The first kappa shape index (κ1) is 20.5. The van der Waals surface area contributed by atoms with E-state index in [1.165, 1.54) is 22.5 Å². The number of furan rings is 1. The number of aryl methyl sites for hydroxylation is 1. The van der Waals surface area contributed by atoms with Gasteiger partial charge in [-0.05, 0) is 48.2 Å². The van der Waals surface area contributed by atoms with E-state index in [-0.39, 0.29) is 12.3 Å². The van der Waals surface area contributed by atoms with Crippen LogP contribution in [0, 0.1) is 6.92 Å². The summed E-state index contributed by atoms with van der Waals surface area (Å²) >= 11 is 1.48. The largest absolute Gasteiger partial charge is 0.459 e. The van der Waals surface area contributed by atoms with Gasteiger partial charge in [0.25, 0.3) is 0 Å². The molecule has 0 radical (unpaired) electrons. The molecule has 0 aliphatic carbocycles. The summed E-state index contributed by atoms with van der Waals surface area (Å²) in [6.45, 7) is 4.20. The molecule has 4 aromatic rings. The van der Waals surface area contributed by atoms with Crippen molar-refractivity contribution in [3.05, 3.63) is 88.3 Å². The van der Waals surface area contributed by atoms with Gasteiger partial charge in [0.2, 0.25) is 5.91 Å². The number of aromatic nitrogens is 2. The third-order valence-corrected chi connectivity index (χ3v) is 6.50. The van der Waals surface area contributed by atoms with Gasteiger partial charge in [-0.3, -0.25) is 4.79 Å². The average molecular weight is 445 g/mol. The van der Waals surface area contributed by atoms with Crippen LogP contribution in [0.1, 0.15) is 28.1 Å². The second kappa shape index (κ2) is 8.96. The summed E-state index contributed by atoms with van der Waals surface area (Å²) in [6, 6.07) is 16.5. The number of carbonyl (C=O) groups excluding carboxylic acids is 1. The topological polar surface area (TPSA) is 71.3 Å². The molecule has 5 rings (SSSR count). The maximum absolute atomic E-state index is 12.4. The van der Waals surface area contributed by atoms with E-state index < -0.39 is 0 Å². The van der Waals surface area contributed by atoms with Crippen LogP contribution in [0.4, 0.5) is 5.82 Å². The number of fused-ring (bicyclic) bond motifs is 1. The third-order valence-electron chi connectivity index (χ3n) is 5.60. The average Bonchev–Trinajstić information content (AvgIpc) is 3.46. The lowest BCUT2D eigenvalue weighted by Gasteiger charge is -2.29. The van der Waals surface area contributed by atoms with E-state index in [0.29, 0.717) is 6.54 Å². The Balaban J connectivity index is 1.14. The van der Waals surface area contributed by atoms with Gasteiger partial charge < -0.3 is 14.6 Å². The Kier molecular flexibility index (Phi) is 5.73. The van der Waals surface area contributed by atoms with Crippen LogP contribution in [-0.2, 0) is 30.7 Å². The van der Waals surface area contributed by atoms with Crippen LogP contribution in [-0.4, -0.2) is 22.4 Å². The van der Waals surface area contributed by atoms with Crippen LogP contribution < -0.4 is 10.2 Å². The molecule has 6 nitrogen and oxygen atoms in total. The van der Waals surface area contributed by atoms with Crippen LogP contribution >= 0.6 is 11.3 Å². The molecule has 3 aromatic heterocycles. The maximum Gasteiger partial charge on any atom is 0.226 e. The van der Waals surface area contributed by atoms with Gasteiger partial charge in [-0.15, -0.1) is 11.3 Å². The first-order chi connectivity index (χ1) is 15.6. The molecule has 32 heavy (non-hydrogen) atoms. The Labute approximate surface area is 190 Å². The number of nitrogens with zero attached hydrogens (tertiary/aromatic N) is 3. The van der Waals surface area contributed by atoms with Crippen LogP contribution in [0.5, 0.6) is 0 Å². The SMILES string of the molecule is Cc1ccc(-c2nc(CC(=O)NCc3ccc(N4CCc5ccccc5C4)nc3)cs2)o1. The smallest absolute Gasteiger partial charge is 0.226 e. The number of pyridine rings is 1. The normalized spacial score (nSPS) is 13.1. The molecule has 0 unspecified atom stereocenters. The summed E-state index contributed by atoms with van der Waals surface area (Å²) in [6.07, 6.45) is 3.12. The highest BCUT2D eigenvalue weighted by molar-refractivity contribution is 7.13. The highest BCUT2D eigenvalue weighted by Crippen LogP contribution is 2.26. The van der Waals surface area contributed by atoms with E-state index in [2.05, 4.69) is 44.5 Å². The second-order valence-corrected chi connectivity index (χ2v) is 8.83. The van der Waals surface area contributed by atoms with Crippen molar-refractivity contribution in [3.63, 3.8) is 0 Å². The summed E-state index contributed by atoms with van der Waals surface area (Å²) in [7, 11) is 0. The zero-order chi connectivity index (χ0) is 21.9. The molecular weight excluding hydrogens is 420 g/mol. The van der Waals surface area contributed by atoms with E-state index in [1.54, 1.807) is 0 Å². The zero-order valence-corrected chi connectivity index (χ0v) is 18.7. The Morgan fingerprint density at radius 2 is 2.03 bits per heavy atom. The molecule has 1 amide bonds. The number of nitrogens with one attached hydrogen (secondary N) is 1. The van der Waals surface area contributed by atoms with Crippen molar-refractivity contribution >= 4 is 23.1 Å². The van der Waals surface area contributed by atoms with Crippen molar-refractivity contribution in [2.45, 2.75) is 32.9 Å². The van der Waals surface area contributed by atoms with E-state index in [4.69, 9.17) is 4.42 Å². The summed E-state index contributed by atoms with van der Waals surface area (Å²) < 4.78 is 5.60. The molecule has 0 saturated heterocycles. The minimum absolute atomic E-state index is 0.0609. The van der Waals surface area contributed by atoms with E-state index in [9.17, 15) is 4.79 Å². The van der Waals surface area contributed by atoms with Gasteiger partial charge >= 0.3 is 0 Å². The summed E-state index contributed by atoms with van der Waals surface area (Å²) in [5, 5.41) is 5.66. The highest BCUT2D eigenvalue weighted by Gasteiger charge is 2.17. The predicted molar refractivity (Wildman–Crippen MR) is 126 cm³/mol. The second-order valence-electron chi connectivity index (χ2n) is 7.97. The number of rotatable bonds is 6. The van der Waals surface area contributed by atoms with Gasteiger partial charge in [0.1, 0.15) is 11.6 Å². The third kappa shape index (κ3) is 4.57. The van der Waals surface area contributed by atoms with Crippen molar-refractivity contribution in [3.8, 4) is 10.8 Å². The van der Waals surface area contributed by atoms with Crippen molar-refractivity contribution in [2.75, 3.05) is 11.4 Å². The standard InChI is InChI=1S/C25H24N4O2S/c1-17-6-8-22(31-17)25-28-21(16-32-25)12-24(30)27-14-18-7-9-23(26-13-18)29-11-10-19-4-2-3-5-20(19)15-29/h2-9,13,16H,10-12,14-15H2,1H3,(H,27,30). The molecule has 1 N–H and O–H groups in total. The molecule has 0 fully saturated rings. The predicted octanol–water partition coefficient (Wildman–Crippen LogP) is 4.53. The first-order valence-corrected chi connectivity index (χ1v) is 11.6. The Morgan fingerprint density at radius 3 is 2.81 bits per heavy atom. The van der Waals surface area contributed by atoms with Crippen molar-refractivity contribution in [2.24, 2.45) is 0 Å². The molecule has 0 bridgehead atoms.